The van der Waals surface area contributed by atoms with E-state index in [0.29, 0.717) is 49.3 Å². The first kappa shape index (κ1) is 24.8. The molecule has 0 bridgehead atoms. The van der Waals surface area contributed by atoms with Crippen LogP contribution in [0.2, 0.25) is 5.02 Å². The van der Waals surface area contributed by atoms with Gasteiger partial charge in [-0.1, -0.05) is 29.4 Å². The lowest BCUT2D eigenvalue weighted by molar-refractivity contribution is -0.174. The zero-order chi connectivity index (χ0) is 23.1. The first-order valence-electron chi connectivity index (χ1n) is 10.2. The molecule has 1 amide bonds. The molecule has 0 spiro atoms. The monoisotopic (exact) mass is 491 g/mol. The number of alkyl halides is 3. The number of halogens is 4. The molecule has 7 nitrogen and oxygen atoms in total. The van der Waals surface area contributed by atoms with Gasteiger partial charge in [-0.25, -0.2) is 0 Å². The zero-order valence-corrected chi connectivity index (χ0v) is 19.2. The summed E-state index contributed by atoms with van der Waals surface area (Å²) in [5, 5.41) is 9.31. The molecule has 1 aliphatic rings. The molecule has 176 valence electrons. The summed E-state index contributed by atoms with van der Waals surface area (Å²) in [7, 11) is 0. The van der Waals surface area contributed by atoms with E-state index in [1.807, 2.05) is 25.1 Å². The summed E-state index contributed by atoms with van der Waals surface area (Å²) in [5.41, 5.74) is 1.80. The van der Waals surface area contributed by atoms with E-state index in [1.165, 1.54) is 11.8 Å². The molecule has 0 saturated carbocycles. The topological polar surface area (TPSA) is 63.5 Å². The lowest BCUT2D eigenvalue weighted by Crippen LogP contribution is -2.49. The van der Waals surface area contributed by atoms with Crippen LogP contribution in [0.5, 0.6) is 0 Å². The number of thioether (sulfide) groups is 1. The van der Waals surface area contributed by atoms with Crippen LogP contribution >= 0.6 is 23.4 Å². The molecular weight excluding hydrogens is 467 g/mol. The van der Waals surface area contributed by atoms with E-state index in [-0.39, 0.29) is 18.3 Å². The van der Waals surface area contributed by atoms with Gasteiger partial charge in [0.05, 0.1) is 11.4 Å². The number of aromatic nitrogens is 3. The van der Waals surface area contributed by atoms with Crippen LogP contribution in [0.3, 0.4) is 0 Å². The number of carbonyl (C=O) groups excluding carboxylic acids is 1. The number of rotatable bonds is 9. The summed E-state index contributed by atoms with van der Waals surface area (Å²) in [4.78, 5) is 16.6. The molecule has 32 heavy (non-hydrogen) atoms. The largest absolute Gasteiger partial charge is 0.411 e. The van der Waals surface area contributed by atoms with Crippen LogP contribution in [-0.4, -0.2) is 88.3 Å². The van der Waals surface area contributed by atoms with Crippen molar-refractivity contribution in [2.45, 2.75) is 24.7 Å². The van der Waals surface area contributed by atoms with E-state index in [0.717, 1.165) is 11.3 Å². The fourth-order valence-corrected chi connectivity index (χ4v) is 4.25. The van der Waals surface area contributed by atoms with Gasteiger partial charge in [0.2, 0.25) is 5.91 Å². The van der Waals surface area contributed by atoms with Crippen LogP contribution < -0.4 is 0 Å². The number of aryl methyl sites for hydroxylation is 1. The summed E-state index contributed by atoms with van der Waals surface area (Å²) < 4.78 is 42.6. The Hall–Kier alpha value is -1.82. The summed E-state index contributed by atoms with van der Waals surface area (Å²) in [6, 6.07) is 5.67. The van der Waals surface area contributed by atoms with Crippen molar-refractivity contribution in [3.05, 3.63) is 35.1 Å². The second-order valence-electron chi connectivity index (χ2n) is 7.45. The Bertz CT molecular complexity index is 904. The van der Waals surface area contributed by atoms with Gasteiger partial charge >= 0.3 is 6.18 Å². The van der Waals surface area contributed by atoms with Crippen molar-refractivity contribution in [1.82, 2.24) is 24.6 Å². The van der Waals surface area contributed by atoms with Crippen molar-refractivity contribution in [1.29, 1.82) is 0 Å². The Kier molecular flexibility index (Phi) is 8.80. The molecule has 0 N–H and O–H groups in total. The van der Waals surface area contributed by atoms with E-state index in [4.69, 9.17) is 11.6 Å². The fourth-order valence-electron chi connectivity index (χ4n) is 3.25. The Balaban J connectivity index is 1.40. The Labute approximate surface area is 193 Å². The van der Waals surface area contributed by atoms with Crippen molar-refractivity contribution in [3.8, 4) is 5.69 Å². The lowest BCUT2D eigenvalue weighted by Gasteiger charge is -2.34. The molecule has 1 aromatic heterocycles. The van der Waals surface area contributed by atoms with Crippen LogP contribution in [-0.2, 0) is 9.53 Å². The second kappa shape index (κ2) is 11.4. The number of hydrogen-bond acceptors (Lipinski definition) is 6. The molecule has 0 atom stereocenters. The van der Waals surface area contributed by atoms with Crippen molar-refractivity contribution in [3.63, 3.8) is 0 Å². The van der Waals surface area contributed by atoms with E-state index >= 15 is 0 Å². The highest BCUT2D eigenvalue weighted by Crippen LogP contribution is 2.24. The van der Waals surface area contributed by atoms with E-state index < -0.39 is 12.8 Å². The third-order valence-electron chi connectivity index (χ3n) is 5.03. The maximum atomic E-state index is 12.6. The SMILES string of the molecule is Cc1ccc(-n2cnnc2SCC(=O)N2CCN(CCCOCC(F)(F)F)CC2)cc1Cl. The second-order valence-corrected chi connectivity index (χ2v) is 8.80. The highest BCUT2D eigenvalue weighted by atomic mass is 35.5. The van der Waals surface area contributed by atoms with Gasteiger partial charge in [-0.05, 0) is 31.0 Å². The molecule has 1 aliphatic heterocycles. The highest BCUT2D eigenvalue weighted by Gasteiger charge is 2.27. The summed E-state index contributed by atoms with van der Waals surface area (Å²) in [6.07, 6.45) is -2.17. The average molecular weight is 492 g/mol. The van der Waals surface area contributed by atoms with Crippen molar-refractivity contribution >= 4 is 29.3 Å². The molecular formula is C20H25ClF3N5O2S. The molecule has 2 heterocycles. The smallest absolute Gasteiger partial charge is 0.372 e. The van der Waals surface area contributed by atoms with Crippen LogP contribution in [0.25, 0.3) is 5.69 Å². The number of ether oxygens (including phenoxy) is 1. The normalized spacial score (nSPS) is 15.3. The first-order chi connectivity index (χ1) is 15.2. The van der Waals surface area contributed by atoms with Crippen LogP contribution in [0, 0.1) is 6.92 Å². The molecule has 2 aromatic rings. The number of hydrogen-bond donors (Lipinski definition) is 0. The van der Waals surface area contributed by atoms with E-state index in [1.54, 1.807) is 15.8 Å². The molecule has 1 saturated heterocycles. The molecule has 0 radical (unpaired) electrons. The van der Waals surface area contributed by atoms with Gasteiger partial charge in [-0.15, -0.1) is 10.2 Å². The number of nitrogens with zero attached hydrogens (tertiary/aromatic N) is 5. The minimum atomic E-state index is -4.29. The summed E-state index contributed by atoms with van der Waals surface area (Å²) in [6.45, 7) is 3.98. The summed E-state index contributed by atoms with van der Waals surface area (Å²) >= 11 is 7.53. The van der Waals surface area contributed by atoms with Crippen LogP contribution in [0.1, 0.15) is 12.0 Å². The molecule has 12 heteroatoms. The van der Waals surface area contributed by atoms with Gasteiger partial charge in [-0.2, -0.15) is 13.2 Å². The van der Waals surface area contributed by atoms with Crippen molar-refractivity contribution in [2.24, 2.45) is 0 Å². The minimum Gasteiger partial charge on any atom is -0.372 e. The van der Waals surface area contributed by atoms with Gasteiger partial charge < -0.3 is 9.64 Å². The minimum absolute atomic E-state index is 0.0136. The Morgan fingerprint density at radius 3 is 2.69 bits per heavy atom. The van der Waals surface area contributed by atoms with Gasteiger partial charge in [0.1, 0.15) is 12.9 Å². The molecule has 0 unspecified atom stereocenters. The van der Waals surface area contributed by atoms with E-state index in [2.05, 4.69) is 19.8 Å². The number of carbonyl (C=O) groups is 1. The molecule has 0 aliphatic carbocycles. The Morgan fingerprint density at radius 2 is 2.00 bits per heavy atom. The maximum Gasteiger partial charge on any atom is 0.411 e. The third kappa shape index (κ3) is 7.36. The predicted molar refractivity (Wildman–Crippen MR) is 116 cm³/mol. The average Bonchev–Trinajstić information content (AvgIpc) is 3.22. The van der Waals surface area contributed by atoms with Crippen LogP contribution in [0.4, 0.5) is 13.2 Å². The standard InChI is InChI=1S/C20H25ClF3N5O2S/c1-15-3-4-16(11-17(15)21)29-14-25-26-19(29)32-12-18(30)28-8-6-27(7-9-28)5-2-10-31-13-20(22,23)24/h3-4,11,14H,2,5-10,12-13H2,1H3. The lowest BCUT2D eigenvalue weighted by atomic mass is 10.2. The van der Waals surface area contributed by atoms with Gasteiger partial charge in [0.15, 0.2) is 5.16 Å². The van der Waals surface area contributed by atoms with E-state index in [9.17, 15) is 18.0 Å². The quantitative estimate of drug-likeness (QED) is 0.395. The first-order valence-corrected chi connectivity index (χ1v) is 11.5. The highest BCUT2D eigenvalue weighted by molar-refractivity contribution is 7.99. The molecule has 3 rings (SSSR count). The number of piperazine rings is 1. The van der Waals surface area contributed by atoms with Gasteiger partial charge in [0, 0.05) is 44.4 Å². The van der Waals surface area contributed by atoms with Gasteiger partial charge in [0.25, 0.3) is 0 Å². The number of benzene rings is 1. The third-order valence-corrected chi connectivity index (χ3v) is 6.36. The zero-order valence-electron chi connectivity index (χ0n) is 17.6. The fraction of sp³-hybridized carbons (Fsp3) is 0.550. The number of amides is 1. The van der Waals surface area contributed by atoms with Crippen LogP contribution in [0.15, 0.2) is 29.7 Å². The van der Waals surface area contributed by atoms with Crippen molar-refractivity contribution < 1.29 is 22.7 Å². The molecule has 1 fully saturated rings. The predicted octanol–water partition coefficient (Wildman–Crippen LogP) is 3.43. The summed E-state index contributed by atoms with van der Waals surface area (Å²) in [5.74, 6) is 0.253. The maximum absolute atomic E-state index is 12.6. The van der Waals surface area contributed by atoms with Gasteiger partial charge in [-0.3, -0.25) is 14.3 Å². The Morgan fingerprint density at radius 1 is 1.25 bits per heavy atom. The molecule has 1 aromatic carbocycles. The van der Waals surface area contributed by atoms with Crippen molar-refractivity contribution in [2.75, 3.05) is 51.7 Å².